The lowest BCUT2D eigenvalue weighted by Gasteiger charge is -2.45. The molecule has 2 fully saturated rings. The van der Waals surface area contributed by atoms with E-state index < -0.39 is 13.7 Å². The minimum Gasteiger partial charge on any atom is -0.416 e. The third-order valence-corrected chi connectivity index (χ3v) is 12.8. The molecule has 144 valence electrons. The molecule has 5 atom stereocenters. The number of ketones is 1. The van der Waals surface area contributed by atoms with Crippen LogP contribution in [0.4, 0.5) is 0 Å². The van der Waals surface area contributed by atoms with Gasteiger partial charge in [-0.15, -0.1) is 6.58 Å². The van der Waals surface area contributed by atoms with Gasteiger partial charge in [-0.05, 0) is 30.1 Å². The molecule has 0 unspecified atom stereocenters. The summed E-state index contributed by atoms with van der Waals surface area (Å²) >= 11 is 0. The number of amides is 1. The number of rotatable bonds is 6. The maximum absolute atomic E-state index is 12.9. The topological polar surface area (TPSA) is 46.6 Å². The van der Waals surface area contributed by atoms with E-state index in [1.165, 1.54) is 0 Å². The van der Waals surface area contributed by atoms with Crippen LogP contribution in [0.3, 0.4) is 0 Å². The second-order valence-electron chi connectivity index (χ2n) is 9.67. The van der Waals surface area contributed by atoms with Crippen molar-refractivity contribution in [1.29, 1.82) is 0 Å². The highest BCUT2D eigenvalue weighted by atomic mass is 28.4. The van der Waals surface area contributed by atoms with E-state index in [-0.39, 0.29) is 40.5 Å². The summed E-state index contributed by atoms with van der Waals surface area (Å²) in [5.74, 6) is 0.505. The molecular weight excluding hydrogens is 342 g/mol. The van der Waals surface area contributed by atoms with Crippen LogP contribution in [0, 0.1) is 29.1 Å². The first-order valence-corrected chi connectivity index (χ1v) is 12.6. The summed E-state index contributed by atoms with van der Waals surface area (Å²) in [6.07, 6.45) is 5.36. The summed E-state index contributed by atoms with van der Waals surface area (Å²) in [4.78, 5) is 27.3. The molecule has 3 aliphatic rings. The Hall–Kier alpha value is -1.20. The van der Waals surface area contributed by atoms with Crippen molar-refractivity contribution in [1.82, 2.24) is 4.90 Å². The molecule has 4 bridgehead atoms. The van der Waals surface area contributed by atoms with E-state index in [2.05, 4.69) is 47.4 Å². The molecule has 3 rings (SSSR count). The largest absolute Gasteiger partial charge is 0.416 e. The number of hydrogen-bond acceptors (Lipinski definition) is 3. The quantitative estimate of drug-likeness (QED) is 0.526. The zero-order chi connectivity index (χ0) is 19.7. The fourth-order valence-corrected chi connectivity index (χ4v) is 7.65. The first-order chi connectivity index (χ1) is 11.9. The number of nitrogens with zero attached hydrogens (tertiary/aromatic N) is 1. The van der Waals surface area contributed by atoms with Crippen molar-refractivity contribution in [3.05, 3.63) is 24.8 Å². The van der Waals surface area contributed by atoms with Gasteiger partial charge in [0.25, 0.3) is 0 Å². The number of carbonyl (C=O) groups excluding carboxylic acids is 2. The highest BCUT2D eigenvalue weighted by Crippen LogP contribution is 2.62. The van der Waals surface area contributed by atoms with Crippen LogP contribution in [0.2, 0.25) is 18.1 Å². The Kier molecular flexibility index (Phi) is 4.44. The first-order valence-electron chi connectivity index (χ1n) is 9.70. The Morgan fingerprint density at radius 2 is 2.00 bits per heavy atom. The Morgan fingerprint density at radius 3 is 2.50 bits per heavy atom. The van der Waals surface area contributed by atoms with E-state index in [1.807, 2.05) is 13.1 Å². The van der Waals surface area contributed by atoms with E-state index in [1.54, 1.807) is 17.1 Å². The van der Waals surface area contributed by atoms with Crippen LogP contribution < -0.4 is 0 Å². The van der Waals surface area contributed by atoms with Crippen LogP contribution in [-0.2, 0) is 14.0 Å². The van der Waals surface area contributed by atoms with E-state index >= 15 is 0 Å². The van der Waals surface area contributed by atoms with Gasteiger partial charge in [0.05, 0.1) is 11.3 Å². The Bertz CT molecular complexity index is 681. The van der Waals surface area contributed by atoms with Crippen molar-refractivity contribution >= 4 is 20.0 Å². The Morgan fingerprint density at radius 1 is 1.38 bits per heavy atom. The normalized spacial score (nSPS) is 36.4. The molecule has 4 nitrogen and oxygen atoms in total. The number of piperidine rings is 1. The zero-order valence-corrected chi connectivity index (χ0v) is 18.2. The van der Waals surface area contributed by atoms with Gasteiger partial charge in [-0.25, -0.2) is 0 Å². The predicted octanol–water partition coefficient (Wildman–Crippen LogP) is 3.66. The van der Waals surface area contributed by atoms with E-state index in [9.17, 15) is 9.59 Å². The smallest absolute Gasteiger partial charge is 0.234 e. The van der Waals surface area contributed by atoms with Gasteiger partial charge in [0.15, 0.2) is 14.1 Å². The van der Waals surface area contributed by atoms with Crippen LogP contribution in [0.1, 0.15) is 27.7 Å². The van der Waals surface area contributed by atoms with Crippen LogP contribution in [0.5, 0.6) is 0 Å². The average Bonchev–Trinajstić information content (AvgIpc) is 2.91. The molecule has 2 aliphatic carbocycles. The molecule has 0 radical (unpaired) electrons. The summed E-state index contributed by atoms with van der Waals surface area (Å²) in [6, 6.07) is -0.0834. The minimum atomic E-state index is -1.96. The van der Waals surface area contributed by atoms with Crippen LogP contribution in [0.25, 0.3) is 0 Å². The van der Waals surface area contributed by atoms with Crippen molar-refractivity contribution in [2.24, 2.45) is 29.1 Å². The number of allylic oxidation sites excluding steroid dienone is 2. The zero-order valence-electron chi connectivity index (χ0n) is 17.2. The molecular formula is C21H33NO3Si. The molecule has 0 aromatic rings. The predicted molar refractivity (Wildman–Crippen MR) is 106 cm³/mol. The highest BCUT2D eigenvalue weighted by molar-refractivity contribution is 6.74. The standard InChI is InChI=1S/C21H33NO3Si/c1-9-21-15-10-11-16(23)17(21)18(22(6)19(21)24)14(15)12-25-26(7,8)20(4,5)13(2)3/h9-11,13-15,17-18H,1,12H2,2-8H3/t14-,15+,17-,18+,21-/m0/s1. The molecule has 26 heavy (non-hydrogen) atoms. The van der Waals surface area contributed by atoms with Crippen molar-refractivity contribution < 1.29 is 14.0 Å². The first kappa shape index (κ1) is 19.6. The maximum Gasteiger partial charge on any atom is 0.234 e. The van der Waals surface area contributed by atoms with Gasteiger partial charge in [-0.2, -0.15) is 0 Å². The molecule has 1 saturated carbocycles. The van der Waals surface area contributed by atoms with Gasteiger partial charge < -0.3 is 9.33 Å². The van der Waals surface area contributed by atoms with Crippen molar-refractivity contribution in [3.63, 3.8) is 0 Å². The third kappa shape index (κ3) is 2.22. The second-order valence-corrected chi connectivity index (χ2v) is 14.3. The van der Waals surface area contributed by atoms with E-state index in [0.29, 0.717) is 12.5 Å². The lowest BCUT2D eigenvalue weighted by Crippen LogP contribution is -2.51. The van der Waals surface area contributed by atoms with Crippen LogP contribution in [-0.4, -0.2) is 44.6 Å². The second kappa shape index (κ2) is 5.90. The summed E-state index contributed by atoms with van der Waals surface area (Å²) < 4.78 is 6.63. The molecule has 0 N–H and O–H groups in total. The number of likely N-dealkylation sites (tertiary alicyclic amines) is 1. The van der Waals surface area contributed by atoms with Gasteiger partial charge in [0, 0.05) is 31.5 Å². The van der Waals surface area contributed by atoms with E-state index in [0.717, 1.165) is 0 Å². The molecule has 5 heteroatoms. The number of carbonyl (C=O) groups is 2. The summed E-state index contributed by atoms with van der Waals surface area (Å²) in [5.41, 5.74) is -0.765. The summed E-state index contributed by atoms with van der Waals surface area (Å²) in [7, 11) is -0.135. The minimum absolute atomic E-state index is 0.0170. The lowest BCUT2D eigenvalue weighted by atomic mass is 9.67. The fourth-order valence-electron chi connectivity index (χ4n) is 5.28. The molecule has 0 spiro atoms. The molecule has 1 amide bonds. The summed E-state index contributed by atoms with van der Waals surface area (Å²) in [5, 5.41) is 0.142. The van der Waals surface area contributed by atoms with Gasteiger partial charge in [-0.1, -0.05) is 39.8 Å². The Labute approximate surface area is 158 Å². The molecule has 0 aromatic carbocycles. The van der Waals surface area contributed by atoms with E-state index in [4.69, 9.17) is 4.43 Å². The van der Waals surface area contributed by atoms with Crippen LogP contribution in [0.15, 0.2) is 24.8 Å². The SMILES string of the molecule is C=C[C@]12C(=O)N(C)[C@@H]3[C@@H](CO[Si](C)(C)C(C)(C)C(C)C)[C@H]1C=CC(=O)[C@@H]32. The summed E-state index contributed by atoms with van der Waals surface area (Å²) in [6.45, 7) is 18.2. The van der Waals surface area contributed by atoms with Gasteiger partial charge in [0.2, 0.25) is 5.91 Å². The highest BCUT2D eigenvalue weighted by Gasteiger charge is 2.72. The van der Waals surface area contributed by atoms with Crippen molar-refractivity contribution in [2.75, 3.05) is 13.7 Å². The average molecular weight is 376 g/mol. The molecule has 1 heterocycles. The monoisotopic (exact) mass is 375 g/mol. The maximum atomic E-state index is 12.9. The van der Waals surface area contributed by atoms with Crippen molar-refractivity contribution in [3.8, 4) is 0 Å². The van der Waals surface area contributed by atoms with Crippen LogP contribution >= 0.6 is 0 Å². The van der Waals surface area contributed by atoms with Gasteiger partial charge in [-0.3, -0.25) is 9.59 Å². The number of hydrogen-bond donors (Lipinski definition) is 0. The Balaban J connectivity index is 1.90. The van der Waals surface area contributed by atoms with Gasteiger partial charge >= 0.3 is 0 Å². The van der Waals surface area contributed by atoms with Gasteiger partial charge in [0.1, 0.15) is 0 Å². The molecule has 1 aliphatic heterocycles. The molecule has 0 aromatic heterocycles. The van der Waals surface area contributed by atoms with Crippen molar-refractivity contribution in [2.45, 2.75) is 51.9 Å². The third-order valence-electron chi connectivity index (χ3n) is 8.19. The fraction of sp³-hybridized carbons (Fsp3) is 0.714. The molecule has 1 saturated heterocycles. The lowest BCUT2D eigenvalue weighted by molar-refractivity contribution is -0.141.